The average molecular weight is 290 g/mol. The molecule has 0 spiro atoms. The van der Waals surface area contributed by atoms with Gasteiger partial charge in [-0.15, -0.1) is 0 Å². The van der Waals surface area contributed by atoms with E-state index in [9.17, 15) is 10.2 Å². The molecule has 3 heteroatoms. The summed E-state index contributed by atoms with van der Waals surface area (Å²) in [5, 5.41) is 18.7. The summed E-state index contributed by atoms with van der Waals surface area (Å²) in [5.41, 5.74) is 1.26. The molecule has 3 atom stereocenters. The molecular weight excluding hydrogens is 264 g/mol. The quantitative estimate of drug-likeness (QED) is 0.817. The Morgan fingerprint density at radius 1 is 1.19 bits per heavy atom. The van der Waals surface area contributed by atoms with Crippen molar-refractivity contribution in [3.05, 3.63) is 42.0 Å². The van der Waals surface area contributed by atoms with Crippen molar-refractivity contribution in [2.24, 2.45) is 5.92 Å². The van der Waals surface area contributed by atoms with Gasteiger partial charge in [0.2, 0.25) is 0 Å². The van der Waals surface area contributed by atoms with E-state index in [2.05, 4.69) is 26.0 Å². The highest BCUT2D eigenvalue weighted by molar-refractivity contribution is 5.32. The van der Waals surface area contributed by atoms with Crippen LogP contribution in [0.5, 0.6) is 5.75 Å². The molecule has 3 unspecified atom stereocenters. The summed E-state index contributed by atoms with van der Waals surface area (Å²) in [5.74, 6) is 0.758. The number of phenols is 1. The van der Waals surface area contributed by atoms with Crippen LogP contribution in [0, 0.1) is 5.92 Å². The van der Waals surface area contributed by atoms with Crippen molar-refractivity contribution in [3.8, 4) is 5.75 Å². The van der Waals surface area contributed by atoms with E-state index in [1.165, 1.54) is 5.56 Å². The fraction of sp³-hybridized carbons (Fsp3) is 0.556. The highest BCUT2D eigenvalue weighted by Crippen LogP contribution is 2.38. The highest BCUT2D eigenvalue weighted by atomic mass is 16.5. The van der Waals surface area contributed by atoms with Crippen molar-refractivity contribution < 1.29 is 14.9 Å². The second-order valence-electron chi connectivity index (χ2n) is 6.56. The molecule has 0 fully saturated rings. The van der Waals surface area contributed by atoms with E-state index < -0.39 is 6.10 Å². The van der Waals surface area contributed by atoms with Crippen LogP contribution in [-0.4, -0.2) is 29.0 Å². The molecule has 116 valence electrons. The summed E-state index contributed by atoms with van der Waals surface area (Å²) in [6, 6.07) is 7.49. The van der Waals surface area contributed by atoms with E-state index in [-0.39, 0.29) is 11.5 Å². The van der Waals surface area contributed by atoms with E-state index in [4.69, 9.17) is 4.74 Å². The lowest BCUT2D eigenvalue weighted by atomic mass is 9.69. The zero-order valence-electron chi connectivity index (χ0n) is 13.1. The third kappa shape index (κ3) is 4.08. The standard InChI is InChI=1S/C18H26O3/c1-13(19)12-21-17-10-6-15(7-11-17)18(2,3)14-4-8-16(20)9-5-14/h4-6,8-10,13,15,17,19-20H,7,11-12H2,1-3H3. The molecule has 21 heavy (non-hydrogen) atoms. The Morgan fingerprint density at radius 2 is 1.86 bits per heavy atom. The number of benzene rings is 1. The van der Waals surface area contributed by atoms with Gasteiger partial charge in [0, 0.05) is 0 Å². The van der Waals surface area contributed by atoms with Gasteiger partial charge in [0.1, 0.15) is 5.75 Å². The van der Waals surface area contributed by atoms with E-state index in [1.54, 1.807) is 19.1 Å². The first-order valence-electron chi connectivity index (χ1n) is 7.67. The lowest BCUT2D eigenvalue weighted by molar-refractivity contribution is 0.00878. The summed E-state index contributed by atoms with van der Waals surface area (Å²) in [4.78, 5) is 0. The molecule has 0 aromatic heterocycles. The molecule has 3 nitrogen and oxygen atoms in total. The number of hydrogen-bond donors (Lipinski definition) is 2. The Hall–Kier alpha value is -1.32. The third-order valence-electron chi connectivity index (χ3n) is 4.41. The Bertz CT molecular complexity index is 474. The second-order valence-corrected chi connectivity index (χ2v) is 6.56. The van der Waals surface area contributed by atoms with Gasteiger partial charge in [0.05, 0.1) is 18.8 Å². The molecule has 0 saturated heterocycles. The van der Waals surface area contributed by atoms with E-state index in [1.807, 2.05) is 12.1 Å². The third-order valence-corrected chi connectivity index (χ3v) is 4.41. The van der Waals surface area contributed by atoms with Gasteiger partial charge in [-0.3, -0.25) is 0 Å². The first kappa shape index (κ1) is 16.1. The van der Waals surface area contributed by atoms with Gasteiger partial charge in [0.15, 0.2) is 0 Å². The molecule has 1 aromatic rings. The van der Waals surface area contributed by atoms with Crippen molar-refractivity contribution in [2.45, 2.75) is 51.2 Å². The molecule has 0 amide bonds. The molecule has 0 saturated carbocycles. The van der Waals surface area contributed by atoms with Crippen LogP contribution in [0.2, 0.25) is 0 Å². The van der Waals surface area contributed by atoms with Gasteiger partial charge >= 0.3 is 0 Å². The van der Waals surface area contributed by atoms with Crippen LogP contribution in [0.1, 0.15) is 39.2 Å². The minimum Gasteiger partial charge on any atom is -0.508 e. The minimum absolute atomic E-state index is 0.0272. The van der Waals surface area contributed by atoms with Gasteiger partial charge in [-0.1, -0.05) is 38.1 Å². The molecular formula is C18H26O3. The molecule has 0 radical (unpaired) electrons. The Balaban J connectivity index is 2.02. The number of aliphatic hydroxyl groups excluding tert-OH is 1. The number of aliphatic hydroxyl groups is 1. The first-order valence-corrected chi connectivity index (χ1v) is 7.67. The van der Waals surface area contributed by atoms with Crippen LogP contribution in [0.4, 0.5) is 0 Å². The summed E-state index contributed by atoms with van der Waals surface area (Å²) in [7, 11) is 0. The van der Waals surface area contributed by atoms with Crippen molar-refractivity contribution >= 4 is 0 Å². The highest BCUT2D eigenvalue weighted by Gasteiger charge is 2.31. The molecule has 0 heterocycles. The summed E-state index contributed by atoms with van der Waals surface area (Å²) >= 11 is 0. The number of ether oxygens (including phenoxy) is 1. The number of aromatic hydroxyl groups is 1. The molecule has 2 N–H and O–H groups in total. The maximum absolute atomic E-state index is 9.42. The fourth-order valence-corrected chi connectivity index (χ4v) is 2.90. The Kier molecular flexibility index (Phi) is 5.07. The average Bonchev–Trinajstić information content (AvgIpc) is 2.46. The summed E-state index contributed by atoms with van der Waals surface area (Å²) < 4.78 is 5.66. The fourth-order valence-electron chi connectivity index (χ4n) is 2.90. The zero-order valence-corrected chi connectivity index (χ0v) is 13.1. The zero-order chi connectivity index (χ0) is 15.5. The largest absolute Gasteiger partial charge is 0.508 e. The van der Waals surface area contributed by atoms with Crippen molar-refractivity contribution in [3.63, 3.8) is 0 Å². The van der Waals surface area contributed by atoms with E-state index >= 15 is 0 Å². The summed E-state index contributed by atoms with van der Waals surface area (Å²) in [6.45, 7) is 6.61. The molecule has 1 aliphatic carbocycles. The Labute approximate surface area is 127 Å². The lowest BCUT2D eigenvalue weighted by Gasteiger charge is -2.36. The van der Waals surface area contributed by atoms with Gasteiger partial charge in [-0.2, -0.15) is 0 Å². The van der Waals surface area contributed by atoms with Crippen LogP contribution < -0.4 is 0 Å². The van der Waals surface area contributed by atoms with E-state index in [0.29, 0.717) is 18.3 Å². The van der Waals surface area contributed by atoms with Crippen LogP contribution >= 0.6 is 0 Å². The molecule has 1 aliphatic rings. The van der Waals surface area contributed by atoms with Crippen molar-refractivity contribution in [1.82, 2.24) is 0 Å². The van der Waals surface area contributed by atoms with Crippen LogP contribution in [0.3, 0.4) is 0 Å². The first-order chi connectivity index (χ1) is 9.89. The van der Waals surface area contributed by atoms with Crippen LogP contribution in [-0.2, 0) is 10.2 Å². The topological polar surface area (TPSA) is 49.7 Å². The molecule has 0 aliphatic heterocycles. The smallest absolute Gasteiger partial charge is 0.115 e. The van der Waals surface area contributed by atoms with E-state index in [0.717, 1.165) is 12.8 Å². The maximum atomic E-state index is 9.42. The van der Waals surface area contributed by atoms with Crippen LogP contribution in [0.25, 0.3) is 0 Å². The normalized spacial score (nSPS) is 24.0. The van der Waals surface area contributed by atoms with Crippen molar-refractivity contribution in [2.75, 3.05) is 6.61 Å². The number of allylic oxidation sites excluding steroid dienone is 1. The molecule has 1 aromatic carbocycles. The predicted molar refractivity (Wildman–Crippen MR) is 84.4 cm³/mol. The van der Waals surface area contributed by atoms with Gasteiger partial charge in [-0.05, 0) is 48.8 Å². The minimum atomic E-state index is -0.412. The van der Waals surface area contributed by atoms with Gasteiger partial charge < -0.3 is 14.9 Å². The molecule has 0 bridgehead atoms. The summed E-state index contributed by atoms with van der Waals surface area (Å²) in [6.07, 6.45) is 6.11. The van der Waals surface area contributed by atoms with Gasteiger partial charge in [-0.25, -0.2) is 0 Å². The van der Waals surface area contributed by atoms with Gasteiger partial charge in [0.25, 0.3) is 0 Å². The van der Waals surface area contributed by atoms with Crippen LogP contribution in [0.15, 0.2) is 36.4 Å². The number of hydrogen-bond acceptors (Lipinski definition) is 3. The second kappa shape index (κ2) is 6.63. The lowest BCUT2D eigenvalue weighted by Crippen LogP contribution is -2.31. The number of rotatable bonds is 5. The monoisotopic (exact) mass is 290 g/mol. The maximum Gasteiger partial charge on any atom is 0.115 e. The van der Waals surface area contributed by atoms with Crippen molar-refractivity contribution in [1.29, 1.82) is 0 Å². The Morgan fingerprint density at radius 3 is 2.38 bits per heavy atom. The molecule has 2 rings (SSSR count). The predicted octanol–water partition coefficient (Wildman–Crippen LogP) is 3.40. The SMILES string of the molecule is CC(O)COC1C=CC(C(C)(C)c2ccc(O)cc2)CC1. The number of phenolic OH excluding ortho intramolecular Hbond substituents is 1.